The lowest BCUT2D eigenvalue weighted by Gasteiger charge is -2.35. The van der Waals surface area contributed by atoms with Crippen LogP contribution in [0, 0.1) is 11.3 Å². The molecule has 1 fully saturated rings. The number of carbonyl (C=O) groups excluding carboxylic acids is 1. The van der Waals surface area contributed by atoms with Gasteiger partial charge < -0.3 is 9.64 Å². The van der Waals surface area contributed by atoms with Crippen LogP contribution in [0.5, 0.6) is 0 Å². The van der Waals surface area contributed by atoms with Crippen molar-refractivity contribution in [2.24, 2.45) is 5.92 Å². The van der Waals surface area contributed by atoms with E-state index in [0.717, 1.165) is 37.3 Å². The quantitative estimate of drug-likeness (QED) is 0.281. The van der Waals surface area contributed by atoms with Crippen LogP contribution in [0.25, 0.3) is 11.1 Å². The van der Waals surface area contributed by atoms with Crippen molar-refractivity contribution in [3.8, 4) is 11.1 Å². The van der Waals surface area contributed by atoms with Gasteiger partial charge in [0, 0.05) is 37.4 Å². The van der Waals surface area contributed by atoms with Crippen LogP contribution < -0.4 is 10.4 Å². The Bertz CT molecular complexity index is 842. The summed E-state index contributed by atoms with van der Waals surface area (Å²) in [6.07, 6.45) is 0. The summed E-state index contributed by atoms with van der Waals surface area (Å²) in [5.74, 6) is 0.194. The van der Waals surface area contributed by atoms with Crippen molar-refractivity contribution in [2.75, 3.05) is 44.2 Å². The third-order valence-corrected chi connectivity index (χ3v) is 5.15. The van der Waals surface area contributed by atoms with E-state index in [1.165, 1.54) is 5.69 Å². The number of amidine groups is 1. The lowest BCUT2D eigenvalue weighted by molar-refractivity contribution is -0.146. The van der Waals surface area contributed by atoms with Gasteiger partial charge in [0.05, 0.1) is 13.2 Å². The van der Waals surface area contributed by atoms with Gasteiger partial charge >= 0.3 is 5.97 Å². The summed E-state index contributed by atoms with van der Waals surface area (Å²) in [5.41, 5.74) is 5.81. The molecule has 0 saturated carbocycles. The minimum atomic E-state index is -0.141. The minimum Gasteiger partial charge on any atom is -0.464 e. The molecule has 0 atom stereocenters. The standard InChI is InChI=1S/C23H30N4O3/c1-17(2)16-30-22(28)15-26-11-13-27(14-12-26)21-9-7-19(8-10-21)18-3-5-20(6-4-18)23(24)25-29/h3-10,17,29H,11-16H2,1-2H3,(H2,24,25). The second-order valence-corrected chi connectivity index (χ2v) is 7.95. The van der Waals surface area contributed by atoms with Crippen molar-refractivity contribution in [2.45, 2.75) is 13.8 Å². The summed E-state index contributed by atoms with van der Waals surface area (Å²) in [7, 11) is 0. The molecule has 0 radical (unpaired) electrons. The molecule has 0 spiro atoms. The van der Waals surface area contributed by atoms with Gasteiger partial charge in [-0.15, -0.1) is 0 Å². The lowest BCUT2D eigenvalue weighted by Crippen LogP contribution is -2.48. The first kappa shape index (κ1) is 21.8. The van der Waals surface area contributed by atoms with Crippen LogP contribution in [0.3, 0.4) is 0 Å². The third kappa shape index (κ3) is 5.81. The number of nitrogens with zero attached hydrogens (tertiary/aromatic N) is 2. The van der Waals surface area contributed by atoms with E-state index in [0.29, 0.717) is 24.6 Å². The third-order valence-electron chi connectivity index (χ3n) is 5.15. The first-order valence-corrected chi connectivity index (χ1v) is 10.3. The number of hydrogen-bond donors (Lipinski definition) is 3. The van der Waals surface area contributed by atoms with Gasteiger partial charge in [-0.25, -0.2) is 0 Å². The first-order chi connectivity index (χ1) is 14.5. The Morgan fingerprint density at radius 1 is 1.03 bits per heavy atom. The van der Waals surface area contributed by atoms with Crippen molar-refractivity contribution in [1.82, 2.24) is 10.4 Å². The highest BCUT2D eigenvalue weighted by Gasteiger charge is 2.20. The predicted molar refractivity (Wildman–Crippen MR) is 118 cm³/mol. The normalized spacial score (nSPS) is 14.6. The lowest BCUT2D eigenvalue weighted by atomic mass is 10.0. The number of benzene rings is 2. The van der Waals surface area contributed by atoms with E-state index in [9.17, 15) is 4.79 Å². The fraction of sp³-hybridized carbons (Fsp3) is 0.391. The number of nitrogens with one attached hydrogen (secondary N) is 2. The first-order valence-electron chi connectivity index (χ1n) is 10.3. The number of ether oxygens (including phenoxy) is 1. The highest BCUT2D eigenvalue weighted by atomic mass is 16.5. The van der Waals surface area contributed by atoms with E-state index in [2.05, 4.69) is 34.1 Å². The van der Waals surface area contributed by atoms with Gasteiger partial charge in [-0.2, -0.15) is 0 Å². The molecule has 0 bridgehead atoms. The second-order valence-electron chi connectivity index (χ2n) is 7.95. The Labute approximate surface area is 177 Å². The Balaban J connectivity index is 1.52. The van der Waals surface area contributed by atoms with Gasteiger partial charge in [0.25, 0.3) is 0 Å². The van der Waals surface area contributed by atoms with E-state index in [1.54, 1.807) is 12.1 Å². The van der Waals surface area contributed by atoms with Crippen LogP contribution in [0.1, 0.15) is 19.4 Å². The molecule has 0 aromatic heterocycles. The van der Waals surface area contributed by atoms with Crippen molar-refractivity contribution in [1.29, 1.82) is 5.41 Å². The van der Waals surface area contributed by atoms with Crippen molar-refractivity contribution < 1.29 is 14.7 Å². The van der Waals surface area contributed by atoms with Crippen LogP contribution in [0.2, 0.25) is 0 Å². The van der Waals surface area contributed by atoms with Crippen molar-refractivity contribution in [3.05, 3.63) is 54.1 Å². The van der Waals surface area contributed by atoms with E-state index in [4.69, 9.17) is 15.4 Å². The topological polar surface area (TPSA) is 88.9 Å². The van der Waals surface area contributed by atoms with Gasteiger partial charge in [0.15, 0.2) is 0 Å². The summed E-state index contributed by atoms with van der Waals surface area (Å²) < 4.78 is 5.28. The number of carbonyl (C=O) groups is 1. The predicted octanol–water partition coefficient (Wildman–Crippen LogP) is 2.98. The molecule has 1 aliphatic heterocycles. The van der Waals surface area contributed by atoms with Gasteiger partial charge in [0.2, 0.25) is 0 Å². The molecular weight excluding hydrogens is 380 g/mol. The molecule has 3 N–H and O–H groups in total. The average Bonchev–Trinajstić information content (AvgIpc) is 2.78. The zero-order valence-electron chi connectivity index (χ0n) is 17.6. The number of esters is 1. The van der Waals surface area contributed by atoms with Crippen LogP contribution in [-0.2, 0) is 9.53 Å². The molecular formula is C23H30N4O3. The maximum atomic E-state index is 11.9. The smallest absolute Gasteiger partial charge is 0.320 e. The molecule has 1 saturated heterocycles. The molecule has 3 rings (SSSR count). The summed E-state index contributed by atoms with van der Waals surface area (Å²) >= 11 is 0. The zero-order chi connectivity index (χ0) is 21.5. The van der Waals surface area contributed by atoms with Gasteiger partial charge in [-0.1, -0.05) is 50.2 Å². The highest BCUT2D eigenvalue weighted by molar-refractivity contribution is 5.95. The highest BCUT2D eigenvalue weighted by Crippen LogP contribution is 2.24. The molecule has 2 aromatic carbocycles. The molecule has 1 heterocycles. The molecule has 0 amide bonds. The van der Waals surface area contributed by atoms with Crippen molar-refractivity contribution in [3.63, 3.8) is 0 Å². The molecule has 160 valence electrons. The number of hydroxylamine groups is 1. The van der Waals surface area contributed by atoms with E-state index < -0.39 is 0 Å². The zero-order valence-corrected chi connectivity index (χ0v) is 17.6. The molecule has 1 aliphatic rings. The molecule has 30 heavy (non-hydrogen) atoms. The molecule has 7 heteroatoms. The monoisotopic (exact) mass is 410 g/mol. The number of rotatable bonds is 7. The number of hydrogen-bond acceptors (Lipinski definition) is 6. The van der Waals surface area contributed by atoms with E-state index in [-0.39, 0.29) is 11.8 Å². The van der Waals surface area contributed by atoms with E-state index >= 15 is 0 Å². The van der Waals surface area contributed by atoms with Crippen LogP contribution in [0.4, 0.5) is 5.69 Å². The van der Waals surface area contributed by atoms with E-state index in [1.807, 2.05) is 31.5 Å². The van der Waals surface area contributed by atoms with Gasteiger partial charge in [-0.05, 0) is 29.2 Å². The number of piperazine rings is 1. The summed E-state index contributed by atoms with van der Waals surface area (Å²) in [5, 5.41) is 16.4. The molecule has 0 aliphatic carbocycles. The fourth-order valence-corrected chi connectivity index (χ4v) is 3.41. The molecule has 2 aromatic rings. The maximum absolute atomic E-state index is 11.9. The van der Waals surface area contributed by atoms with Gasteiger partial charge in [0.1, 0.15) is 5.84 Å². The Kier molecular flexibility index (Phi) is 7.43. The second kappa shape index (κ2) is 10.2. The molecule has 7 nitrogen and oxygen atoms in total. The minimum absolute atomic E-state index is 0.0239. The summed E-state index contributed by atoms with van der Waals surface area (Å²) in [4.78, 5) is 16.4. The average molecular weight is 411 g/mol. The Morgan fingerprint density at radius 3 is 2.13 bits per heavy atom. The van der Waals surface area contributed by atoms with Crippen LogP contribution >= 0.6 is 0 Å². The largest absolute Gasteiger partial charge is 0.464 e. The summed E-state index contributed by atoms with van der Waals surface area (Å²) in [6, 6.07) is 15.9. The maximum Gasteiger partial charge on any atom is 0.320 e. The number of anilines is 1. The van der Waals surface area contributed by atoms with Crippen LogP contribution in [0.15, 0.2) is 48.5 Å². The van der Waals surface area contributed by atoms with Crippen molar-refractivity contribution >= 4 is 17.5 Å². The fourth-order valence-electron chi connectivity index (χ4n) is 3.41. The summed E-state index contributed by atoms with van der Waals surface area (Å²) in [6.45, 7) is 8.34. The SMILES string of the molecule is CC(C)COC(=O)CN1CCN(c2ccc(-c3ccc(C(=N)NO)cc3)cc2)CC1. The van der Waals surface area contributed by atoms with Gasteiger partial charge in [-0.3, -0.25) is 25.8 Å². The van der Waals surface area contributed by atoms with Crippen LogP contribution in [-0.4, -0.2) is 61.2 Å². The Hall–Kier alpha value is -2.90. The Morgan fingerprint density at radius 2 is 1.60 bits per heavy atom. The molecule has 0 unspecified atom stereocenters.